The van der Waals surface area contributed by atoms with Crippen molar-refractivity contribution in [3.05, 3.63) is 58.9 Å². The highest BCUT2D eigenvalue weighted by Gasteiger charge is 2.34. The molecule has 25 heavy (non-hydrogen) atoms. The van der Waals surface area contributed by atoms with Crippen LogP contribution in [-0.2, 0) is 4.79 Å². The van der Waals surface area contributed by atoms with Crippen molar-refractivity contribution in [3.63, 3.8) is 0 Å². The average molecular weight is 356 g/mol. The van der Waals surface area contributed by atoms with Gasteiger partial charge in [-0.15, -0.1) is 11.3 Å². The monoisotopic (exact) mass is 356 g/mol. The fourth-order valence-corrected chi connectivity index (χ4v) is 3.95. The van der Waals surface area contributed by atoms with E-state index in [9.17, 15) is 9.18 Å². The van der Waals surface area contributed by atoms with Gasteiger partial charge in [0.05, 0.1) is 27.2 Å². The number of benzene rings is 2. The first kappa shape index (κ1) is 16.1. The molecule has 128 valence electrons. The second-order valence-electron chi connectivity index (χ2n) is 6.07. The maximum atomic E-state index is 13.1. The van der Waals surface area contributed by atoms with Crippen LogP contribution in [0.1, 0.15) is 16.6 Å². The minimum atomic E-state index is -0.288. The zero-order chi connectivity index (χ0) is 17.4. The summed E-state index contributed by atoms with van der Waals surface area (Å²) in [4.78, 5) is 17.2. The number of anilines is 1. The molecule has 1 aromatic heterocycles. The Bertz CT molecular complexity index is 924. The fraction of sp³-hybridized carbons (Fsp3) is 0.222. The number of aryl methyl sites for hydroxylation is 1. The topological polar surface area (TPSA) is 66.0 Å². The molecule has 1 aliphatic rings. The molecule has 2 unspecified atom stereocenters. The molecule has 7 heteroatoms. The van der Waals surface area contributed by atoms with Crippen molar-refractivity contribution in [2.75, 3.05) is 11.9 Å². The van der Waals surface area contributed by atoms with E-state index in [1.807, 2.05) is 25.1 Å². The molecule has 0 spiro atoms. The van der Waals surface area contributed by atoms with Gasteiger partial charge in [-0.2, -0.15) is 0 Å². The SMILES string of the molecule is Cc1nc2ccc(NC(=O)C3CNNC3c3ccc(F)cc3)cc2s1. The highest BCUT2D eigenvalue weighted by molar-refractivity contribution is 7.18. The number of carbonyl (C=O) groups is 1. The minimum Gasteiger partial charge on any atom is -0.326 e. The van der Waals surface area contributed by atoms with Crippen LogP contribution in [0, 0.1) is 18.7 Å². The predicted molar refractivity (Wildman–Crippen MR) is 96.8 cm³/mol. The Balaban J connectivity index is 1.53. The molecule has 2 heterocycles. The number of thiazole rings is 1. The van der Waals surface area contributed by atoms with Crippen LogP contribution in [0.2, 0.25) is 0 Å². The summed E-state index contributed by atoms with van der Waals surface area (Å²) in [6, 6.07) is 11.7. The van der Waals surface area contributed by atoms with Crippen molar-refractivity contribution >= 4 is 33.1 Å². The maximum absolute atomic E-state index is 13.1. The van der Waals surface area contributed by atoms with Crippen LogP contribution in [-0.4, -0.2) is 17.4 Å². The van der Waals surface area contributed by atoms with Crippen LogP contribution in [0.25, 0.3) is 10.2 Å². The Kier molecular flexibility index (Phi) is 4.20. The molecule has 0 saturated carbocycles. The van der Waals surface area contributed by atoms with Crippen LogP contribution >= 0.6 is 11.3 Å². The summed E-state index contributed by atoms with van der Waals surface area (Å²) < 4.78 is 14.2. The number of carbonyl (C=O) groups excluding carboxylic acids is 1. The van der Waals surface area contributed by atoms with Crippen LogP contribution < -0.4 is 16.2 Å². The largest absolute Gasteiger partial charge is 0.326 e. The number of halogens is 1. The summed E-state index contributed by atoms with van der Waals surface area (Å²) in [5, 5.41) is 3.98. The lowest BCUT2D eigenvalue weighted by atomic mass is 9.94. The first-order valence-corrected chi connectivity index (χ1v) is 8.84. The Morgan fingerprint density at radius 3 is 2.88 bits per heavy atom. The lowest BCUT2D eigenvalue weighted by Gasteiger charge is -2.18. The molecular formula is C18H17FN4OS. The van der Waals surface area contributed by atoms with Gasteiger partial charge >= 0.3 is 0 Å². The molecule has 3 aromatic rings. The number of hydrazine groups is 1. The molecule has 5 nitrogen and oxygen atoms in total. The summed E-state index contributed by atoms with van der Waals surface area (Å²) in [7, 11) is 0. The lowest BCUT2D eigenvalue weighted by Crippen LogP contribution is -2.29. The maximum Gasteiger partial charge on any atom is 0.230 e. The van der Waals surface area contributed by atoms with Gasteiger partial charge in [-0.05, 0) is 42.8 Å². The number of nitrogens with one attached hydrogen (secondary N) is 3. The molecule has 4 rings (SSSR count). The van der Waals surface area contributed by atoms with Gasteiger partial charge in [0.2, 0.25) is 5.91 Å². The second-order valence-corrected chi connectivity index (χ2v) is 7.30. The van der Waals surface area contributed by atoms with Crippen LogP contribution in [0.5, 0.6) is 0 Å². The number of fused-ring (bicyclic) bond motifs is 1. The first-order valence-electron chi connectivity index (χ1n) is 8.02. The molecule has 2 atom stereocenters. The summed E-state index contributed by atoms with van der Waals surface area (Å²) in [5.41, 5.74) is 8.69. The molecule has 0 aliphatic carbocycles. The van der Waals surface area contributed by atoms with Gasteiger partial charge in [-0.25, -0.2) is 14.8 Å². The minimum absolute atomic E-state index is 0.0765. The summed E-state index contributed by atoms with van der Waals surface area (Å²) in [6.07, 6.45) is 0. The third-order valence-electron chi connectivity index (χ3n) is 4.31. The number of nitrogens with zero attached hydrogens (tertiary/aromatic N) is 1. The highest BCUT2D eigenvalue weighted by Crippen LogP contribution is 2.28. The summed E-state index contributed by atoms with van der Waals surface area (Å²) in [6.45, 7) is 2.47. The number of hydrogen-bond donors (Lipinski definition) is 3. The van der Waals surface area contributed by atoms with E-state index in [0.717, 1.165) is 26.5 Å². The Hall–Kier alpha value is -2.35. The Morgan fingerprint density at radius 1 is 1.28 bits per heavy atom. The molecule has 1 amide bonds. The van der Waals surface area contributed by atoms with Crippen molar-refractivity contribution in [1.82, 2.24) is 15.8 Å². The van der Waals surface area contributed by atoms with Crippen molar-refractivity contribution in [2.45, 2.75) is 13.0 Å². The molecule has 1 aliphatic heterocycles. The quantitative estimate of drug-likeness (QED) is 0.674. The van der Waals surface area contributed by atoms with Gasteiger partial charge in [-0.1, -0.05) is 12.1 Å². The van der Waals surface area contributed by atoms with E-state index in [1.165, 1.54) is 12.1 Å². The third-order valence-corrected chi connectivity index (χ3v) is 5.24. The second kappa shape index (κ2) is 6.51. The molecular weight excluding hydrogens is 339 g/mol. The van der Waals surface area contributed by atoms with Gasteiger partial charge < -0.3 is 5.32 Å². The van der Waals surface area contributed by atoms with Crippen LogP contribution in [0.3, 0.4) is 0 Å². The average Bonchev–Trinajstić information content (AvgIpc) is 3.21. The zero-order valence-corrected chi connectivity index (χ0v) is 14.4. The predicted octanol–water partition coefficient (Wildman–Crippen LogP) is 3.15. The van der Waals surface area contributed by atoms with Gasteiger partial charge in [0.25, 0.3) is 0 Å². The number of rotatable bonds is 3. The molecule has 3 N–H and O–H groups in total. The molecule has 0 bridgehead atoms. The first-order chi connectivity index (χ1) is 12.1. The van der Waals surface area contributed by atoms with Crippen molar-refractivity contribution < 1.29 is 9.18 Å². The van der Waals surface area contributed by atoms with E-state index in [4.69, 9.17) is 0 Å². The Morgan fingerprint density at radius 2 is 2.08 bits per heavy atom. The van der Waals surface area contributed by atoms with Crippen molar-refractivity contribution in [3.8, 4) is 0 Å². The molecule has 2 aromatic carbocycles. The van der Waals surface area contributed by atoms with Gasteiger partial charge in [0.1, 0.15) is 5.82 Å². The van der Waals surface area contributed by atoms with Gasteiger partial charge in [-0.3, -0.25) is 10.2 Å². The van der Waals surface area contributed by atoms with E-state index in [2.05, 4.69) is 21.2 Å². The van der Waals surface area contributed by atoms with Crippen LogP contribution in [0.15, 0.2) is 42.5 Å². The van der Waals surface area contributed by atoms with E-state index < -0.39 is 0 Å². The number of hydrogen-bond acceptors (Lipinski definition) is 5. The fourth-order valence-electron chi connectivity index (χ4n) is 3.08. The van der Waals surface area contributed by atoms with Gasteiger partial charge in [0.15, 0.2) is 0 Å². The van der Waals surface area contributed by atoms with Crippen molar-refractivity contribution in [2.24, 2.45) is 5.92 Å². The zero-order valence-electron chi connectivity index (χ0n) is 13.5. The highest BCUT2D eigenvalue weighted by atomic mass is 32.1. The molecule has 0 radical (unpaired) electrons. The number of amides is 1. The molecule has 1 fully saturated rings. The van der Waals surface area contributed by atoms with Crippen LogP contribution in [0.4, 0.5) is 10.1 Å². The van der Waals surface area contributed by atoms with E-state index in [1.54, 1.807) is 23.5 Å². The normalized spacial score (nSPS) is 20.1. The smallest absolute Gasteiger partial charge is 0.230 e. The van der Waals surface area contributed by atoms with E-state index >= 15 is 0 Å². The summed E-state index contributed by atoms with van der Waals surface area (Å²) in [5.74, 6) is -0.652. The lowest BCUT2D eigenvalue weighted by molar-refractivity contribution is -0.119. The number of aromatic nitrogens is 1. The van der Waals surface area contributed by atoms with E-state index in [-0.39, 0.29) is 23.7 Å². The molecule has 1 saturated heterocycles. The Labute approximate surface area is 148 Å². The van der Waals surface area contributed by atoms with Gasteiger partial charge in [0, 0.05) is 12.2 Å². The third kappa shape index (κ3) is 3.26. The summed E-state index contributed by atoms with van der Waals surface area (Å²) >= 11 is 1.60. The van der Waals surface area contributed by atoms with E-state index in [0.29, 0.717) is 6.54 Å². The van der Waals surface area contributed by atoms with Crippen molar-refractivity contribution in [1.29, 1.82) is 0 Å². The standard InChI is InChI=1S/C18H17FN4OS/c1-10-21-15-7-6-13(8-16(15)25-10)22-18(24)14-9-20-23-17(14)11-2-4-12(19)5-3-11/h2-8,14,17,20,23H,9H2,1H3,(H,22,24).